The molecule has 5 nitrogen and oxygen atoms in total. The highest BCUT2D eigenvalue weighted by molar-refractivity contribution is 6.42. The van der Waals surface area contributed by atoms with E-state index in [2.05, 4.69) is 9.80 Å². The molecule has 2 heterocycles. The SMILES string of the molecule is O=C(c1ccccc1)N1CCN(C2CN(Cc3ccc(OCc4ccc(Cl)c(Cl)c4)c(F)c3)C2)CC1. The quantitative estimate of drug-likeness (QED) is 0.414. The maximum absolute atomic E-state index is 14.6. The lowest BCUT2D eigenvalue weighted by atomic mass is 10.0. The number of amides is 1. The normalized spacial score (nSPS) is 17.1. The summed E-state index contributed by atoms with van der Waals surface area (Å²) < 4.78 is 20.3. The van der Waals surface area contributed by atoms with Crippen molar-refractivity contribution < 1.29 is 13.9 Å². The van der Waals surface area contributed by atoms with Gasteiger partial charge in [0.1, 0.15) is 6.61 Å². The van der Waals surface area contributed by atoms with Gasteiger partial charge in [-0.1, -0.05) is 53.5 Å². The summed E-state index contributed by atoms with van der Waals surface area (Å²) in [6.07, 6.45) is 0. The smallest absolute Gasteiger partial charge is 0.253 e. The third-order valence-electron chi connectivity index (χ3n) is 6.86. The van der Waals surface area contributed by atoms with Gasteiger partial charge in [-0.25, -0.2) is 4.39 Å². The van der Waals surface area contributed by atoms with Crippen LogP contribution in [0.25, 0.3) is 0 Å². The van der Waals surface area contributed by atoms with E-state index in [1.165, 1.54) is 0 Å². The molecule has 2 aliphatic heterocycles. The second kappa shape index (κ2) is 11.2. The summed E-state index contributed by atoms with van der Waals surface area (Å²) in [5.74, 6) is -0.0463. The lowest BCUT2D eigenvalue weighted by molar-refractivity contribution is 0.00254. The highest BCUT2D eigenvalue weighted by Gasteiger charge is 2.34. The number of carbonyl (C=O) groups is 1. The van der Waals surface area contributed by atoms with Gasteiger partial charge in [-0.3, -0.25) is 14.6 Å². The number of carbonyl (C=O) groups excluding carboxylic acids is 1. The Hall–Kier alpha value is -2.64. The topological polar surface area (TPSA) is 36.0 Å². The van der Waals surface area contributed by atoms with E-state index in [9.17, 15) is 9.18 Å². The van der Waals surface area contributed by atoms with Crippen molar-refractivity contribution in [3.8, 4) is 5.75 Å². The standard InChI is InChI=1S/C28H28Cl2FN3O2/c29-24-8-6-21(14-25(24)30)19-36-27-9-7-20(15-26(27)31)16-32-17-23(18-32)33-10-12-34(13-11-33)28(35)22-4-2-1-3-5-22/h1-9,14-15,23H,10-13,16-19H2. The second-order valence-electron chi connectivity index (χ2n) is 9.34. The minimum absolute atomic E-state index is 0.108. The number of rotatable bonds is 7. The van der Waals surface area contributed by atoms with E-state index in [4.69, 9.17) is 27.9 Å². The highest BCUT2D eigenvalue weighted by Crippen LogP contribution is 2.26. The molecule has 2 fully saturated rings. The van der Waals surface area contributed by atoms with Gasteiger partial charge in [-0.2, -0.15) is 0 Å². The number of likely N-dealkylation sites (tertiary alicyclic amines) is 1. The van der Waals surface area contributed by atoms with Gasteiger partial charge in [-0.05, 0) is 47.5 Å². The second-order valence-corrected chi connectivity index (χ2v) is 10.2. The maximum Gasteiger partial charge on any atom is 0.253 e. The van der Waals surface area contributed by atoms with Crippen LogP contribution in [0.5, 0.6) is 5.75 Å². The Bertz CT molecular complexity index is 1210. The van der Waals surface area contributed by atoms with Crippen molar-refractivity contribution >= 4 is 29.1 Å². The Morgan fingerprint density at radius 3 is 2.31 bits per heavy atom. The van der Waals surface area contributed by atoms with Crippen molar-refractivity contribution in [2.45, 2.75) is 19.2 Å². The summed E-state index contributed by atoms with van der Waals surface area (Å²) in [6.45, 7) is 6.08. The fraction of sp³-hybridized carbons (Fsp3) is 0.321. The number of benzene rings is 3. The first kappa shape index (κ1) is 25.0. The van der Waals surface area contributed by atoms with Crippen LogP contribution in [0.15, 0.2) is 66.7 Å². The lowest BCUT2D eigenvalue weighted by Crippen LogP contribution is -2.63. The molecular weight excluding hydrogens is 500 g/mol. The summed E-state index contributed by atoms with van der Waals surface area (Å²) in [6, 6.07) is 20.3. The third-order valence-corrected chi connectivity index (χ3v) is 7.60. The van der Waals surface area contributed by atoms with Gasteiger partial charge in [0.15, 0.2) is 11.6 Å². The van der Waals surface area contributed by atoms with Crippen LogP contribution in [0.1, 0.15) is 21.5 Å². The largest absolute Gasteiger partial charge is 0.486 e. The zero-order valence-electron chi connectivity index (χ0n) is 19.9. The Labute approximate surface area is 221 Å². The Morgan fingerprint density at radius 2 is 1.61 bits per heavy atom. The first-order valence-electron chi connectivity index (χ1n) is 12.1. The zero-order valence-corrected chi connectivity index (χ0v) is 21.4. The van der Waals surface area contributed by atoms with Gasteiger partial charge in [0.05, 0.1) is 10.0 Å². The average Bonchev–Trinajstić information content (AvgIpc) is 2.87. The molecule has 2 saturated heterocycles. The fourth-order valence-electron chi connectivity index (χ4n) is 4.76. The van der Waals surface area contributed by atoms with Crippen molar-refractivity contribution in [1.29, 1.82) is 0 Å². The van der Waals surface area contributed by atoms with Crippen molar-refractivity contribution in [3.05, 3.63) is 99.3 Å². The van der Waals surface area contributed by atoms with Crippen LogP contribution in [0.2, 0.25) is 10.0 Å². The van der Waals surface area contributed by atoms with Crippen molar-refractivity contribution in [3.63, 3.8) is 0 Å². The molecule has 0 radical (unpaired) electrons. The number of hydrogen-bond acceptors (Lipinski definition) is 4. The van der Waals surface area contributed by atoms with E-state index in [0.29, 0.717) is 22.6 Å². The molecule has 5 rings (SSSR count). The van der Waals surface area contributed by atoms with Gasteiger partial charge in [0.25, 0.3) is 5.91 Å². The molecule has 3 aromatic rings. The molecule has 0 unspecified atom stereocenters. The van der Waals surface area contributed by atoms with Gasteiger partial charge >= 0.3 is 0 Å². The van der Waals surface area contributed by atoms with E-state index >= 15 is 0 Å². The van der Waals surface area contributed by atoms with E-state index in [0.717, 1.165) is 56.0 Å². The van der Waals surface area contributed by atoms with Gasteiger partial charge in [0.2, 0.25) is 0 Å². The Morgan fingerprint density at radius 1 is 0.889 bits per heavy atom. The maximum atomic E-state index is 14.6. The van der Waals surface area contributed by atoms with Crippen LogP contribution in [0.3, 0.4) is 0 Å². The summed E-state index contributed by atoms with van der Waals surface area (Å²) >= 11 is 12.0. The van der Waals surface area contributed by atoms with Gasteiger partial charge in [0, 0.05) is 57.4 Å². The third kappa shape index (κ3) is 5.84. The van der Waals surface area contributed by atoms with Crippen LogP contribution in [-0.2, 0) is 13.2 Å². The Kier molecular flexibility index (Phi) is 7.77. The predicted octanol–water partition coefficient (Wildman–Crippen LogP) is 5.35. The predicted molar refractivity (Wildman–Crippen MR) is 140 cm³/mol. The van der Waals surface area contributed by atoms with Crippen molar-refractivity contribution in [2.24, 2.45) is 0 Å². The molecule has 0 N–H and O–H groups in total. The van der Waals surface area contributed by atoms with Crippen molar-refractivity contribution in [2.75, 3.05) is 39.3 Å². The van der Waals surface area contributed by atoms with E-state index < -0.39 is 0 Å². The van der Waals surface area contributed by atoms with Crippen LogP contribution < -0.4 is 4.74 Å². The fourth-order valence-corrected chi connectivity index (χ4v) is 5.09. The highest BCUT2D eigenvalue weighted by atomic mass is 35.5. The molecule has 1 amide bonds. The molecule has 8 heteroatoms. The van der Waals surface area contributed by atoms with Crippen LogP contribution in [0.4, 0.5) is 4.39 Å². The monoisotopic (exact) mass is 527 g/mol. The number of nitrogens with zero attached hydrogens (tertiary/aromatic N) is 3. The summed E-state index contributed by atoms with van der Waals surface area (Å²) in [5, 5.41) is 0.925. The minimum Gasteiger partial charge on any atom is -0.486 e. The first-order chi connectivity index (χ1) is 17.5. The molecule has 188 valence electrons. The molecule has 0 atom stereocenters. The number of hydrogen-bond donors (Lipinski definition) is 0. The van der Waals surface area contributed by atoms with Crippen LogP contribution in [0, 0.1) is 5.82 Å². The molecule has 0 aromatic heterocycles. The van der Waals surface area contributed by atoms with E-state index in [1.54, 1.807) is 24.3 Å². The molecule has 36 heavy (non-hydrogen) atoms. The van der Waals surface area contributed by atoms with Gasteiger partial charge in [-0.15, -0.1) is 0 Å². The van der Waals surface area contributed by atoms with Gasteiger partial charge < -0.3 is 9.64 Å². The van der Waals surface area contributed by atoms with E-state index in [-0.39, 0.29) is 24.1 Å². The summed E-state index contributed by atoms with van der Waals surface area (Å²) in [4.78, 5) is 19.4. The molecule has 0 spiro atoms. The van der Waals surface area contributed by atoms with Crippen molar-refractivity contribution in [1.82, 2.24) is 14.7 Å². The summed E-state index contributed by atoms with van der Waals surface area (Å²) in [5.41, 5.74) is 2.50. The first-order valence-corrected chi connectivity index (χ1v) is 12.9. The molecule has 0 bridgehead atoms. The molecule has 0 aliphatic carbocycles. The minimum atomic E-state index is -0.371. The molecule has 0 saturated carbocycles. The van der Waals surface area contributed by atoms with Crippen LogP contribution >= 0.6 is 23.2 Å². The number of piperazine rings is 1. The Balaban J connectivity index is 1.06. The molecule has 2 aliphatic rings. The zero-order chi connectivity index (χ0) is 25.1. The van der Waals surface area contributed by atoms with E-state index in [1.807, 2.05) is 47.4 Å². The lowest BCUT2D eigenvalue weighted by Gasteiger charge is -2.48. The molecular formula is C28H28Cl2FN3O2. The number of halogens is 3. The number of ether oxygens (including phenoxy) is 1. The summed E-state index contributed by atoms with van der Waals surface area (Å²) in [7, 11) is 0. The molecule has 3 aromatic carbocycles. The average molecular weight is 528 g/mol. The van der Waals surface area contributed by atoms with Crippen LogP contribution in [-0.4, -0.2) is 65.9 Å².